The van der Waals surface area contributed by atoms with Gasteiger partial charge in [-0.05, 0) is 37.1 Å². The number of halogens is 1. The van der Waals surface area contributed by atoms with E-state index in [4.69, 9.17) is 0 Å². The van der Waals surface area contributed by atoms with E-state index in [0.29, 0.717) is 18.1 Å². The van der Waals surface area contributed by atoms with Crippen LogP contribution in [-0.4, -0.2) is 25.0 Å². The van der Waals surface area contributed by atoms with E-state index in [0.717, 1.165) is 17.7 Å². The molecule has 138 valence electrons. The first-order valence-corrected chi connectivity index (χ1v) is 8.76. The summed E-state index contributed by atoms with van der Waals surface area (Å²) in [6, 6.07) is 14.3. The van der Waals surface area contributed by atoms with Crippen LogP contribution in [0.15, 0.2) is 53.5 Å². The maximum absolute atomic E-state index is 13.7. The molecule has 0 unspecified atom stereocenters. The van der Waals surface area contributed by atoms with Crippen molar-refractivity contribution in [3.63, 3.8) is 0 Å². The number of anilines is 1. The molecule has 0 saturated carbocycles. The molecule has 2 aromatic rings. The predicted octanol–water partition coefficient (Wildman–Crippen LogP) is 3.08. The zero-order chi connectivity index (χ0) is 18.8. The number of hydrogen-bond acceptors (Lipinski definition) is 2. The largest absolute Gasteiger partial charge is 0.357 e. The van der Waals surface area contributed by atoms with E-state index in [9.17, 15) is 9.18 Å². The Balaban J connectivity index is 1.91. The third-order valence-electron chi connectivity index (χ3n) is 3.74. The molecule has 0 heterocycles. The fraction of sp³-hybridized carbons (Fsp3) is 0.300. The molecule has 2 rings (SSSR count). The summed E-state index contributed by atoms with van der Waals surface area (Å²) in [5, 5.41) is 8.86. The Kier molecular flexibility index (Phi) is 7.61. The number of hydrogen-bond donors (Lipinski definition) is 3. The molecule has 3 N–H and O–H groups in total. The maximum Gasteiger partial charge on any atom is 0.243 e. The minimum Gasteiger partial charge on any atom is -0.357 e. The molecule has 6 heteroatoms. The highest BCUT2D eigenvalue weighted by molar-refractivity contribution is 5.95. The van der Waals surface area contributed by atoms with Crippen molar-refractivity contribution in [1.82, 2.24) is 10.6 Å². The van der Waals surface area contributed by atoms with Crippen molar-refractivity contribution in [2.24, 2.45) is 4.99 Å². The summed E-state index contributed by atoms with van der Waals surface area (Å²) in [5.74, 6) is 0.00334. The van der Waals surface area contributed by atoms with Crippen molar-refractivity contribution in [1.29, 1.82) is 0 Å². The van der Waals surface area contributed by atoms with E-state index in [-0.39, 0.29) is 24.8 Å². The second kappa shape index (κ2) is 10.2. The Hall–Kier alpha value is -2.89. The van der Waals surface area contributed by atoms with Crippen LogP contribution >= 0.6 is 0 Å². The number of amides is 1. The van der Waals surface area contributed by atoms with E-state index in [1.54, 1.807) is 18.2 Å². The van der Waals surface area contributed by atoms with E-state index in [1.165, 1.54) is 6.07 Å². The number of aliphatic imine (C=N–C) groups is 1. The smallest absolute Gasteiger partial charge is 0.243 e. The molecule has 5 nitrogen and oxygen atoms in total. The van der Waals surface area contributed by atoms with Crippen LogP contribution in [0, 0.1) is 5.82 Å². The van der Waals surface area contributed by atoms with Crippen molar-refractivity contribution >= 4 is 17.6 Å². The number of rotatable bonds is 7. The molecule has 0 radical (unpaired) electrons. The average Bonchev–Trinajstić information content (AvgIpc) is 2.65. The number of benzene rings is 2. The highest BCUT2D eigenvalue weighted by atomic mass is 19.1. The summed E-state index contributed by atoms with van der Waals surface area (Å²) in [5.41, 5.74) is 2.44. The fourth-order valence-corrected chi connectivity index (χ4v) is 2.37. The lowest BCUT2D eigenvalue weighted by Gasteiger charge is -2.12. The zero-order valence-corrected chi connectivity index (χ0v) is 15.2. The highest BCUT2D eigenvalue weighted by Crippen LogP contribution is 2.10. The first kappa shape index (κ1) is 19.4. The van der Waals surface area contributed by atoms with Gasteiger partial charge < -0.3 is 16.0 Å². The lowest BCUT2D eigenvalue weighted by atomic mass is 10.1. The highest BCUT2D eigenvalue weighted by Gasteiger charge is 2.06. The van der Waals surface area contributed by atoms with Crippen molar-refractivity contribution in [3.8, 4) is 0 Å². The average molecular weight is 356 g/mol. The summed E-state index contributed by atoms with van der Waals surface area (Å²) in [6.07, 6.45) is 0.912. The van der Waals surface area contributed by atoms with Gasteiger partial charge in [0.05, 0.1) is 13.1 Å². The second-order valence-corrected chi connectivity index (χ2v) is 5.74. The monoisotopic (exact) mass is 356 g/mol. The summed E-state index contributed by atoms with van der Waals surface area (Å²) in [7, 11) is 0. The summed E-state index contributed by atoms with van der Waals surface area (Å²) in [4.78, 5) is 16.5. The predicted molar refractivity (Wildman–Crippen MR) is 104 cm³/mol. The normalized spacial score (nSPS) is 11.1. The molecular weight excluding hydrogens is 331 g/mol. The molecule has 0 bridgehead atoms. The third kappa shape index (κ3) is 6.20. The second-order valence-electron chi connectivity index (χ2n) is 5.74. The van der Waals surface area contributed by atoms with Crippen LogP contribution in [0.1, 0.15) is 25.0 Å². The van der Waals surface area contributed by atoms with Crippen molar-refractivity contribution in [2.75, 3.05) is 18.4 Å². The van der Waals surface area contributed by atoms with Gasteiger partial charge in [-0.15, -0.1) is 0 Å². The lowest BCUT2D eigenvalue weighted by molar-refractivity contribution is -0.115. The van der Waals surface area contributed by atoms with Crippen LogP contribution in [0.2, 0.25) is 0 Å². The van der Waals surface area contributed by atoms with E-state index >= 15 is 0 Å². The summed E-state index contributed by atoms with van der Waals surface area (Å²) in [6.45, 7) is 4.90. The summed E-state index contributed by atoms with van der Waals surface area (Å²) >= 11 is 0. The lowest BCUT2D eigenvalue weighted by Crippen LogP contribution is -2.41. The number of aryl methyl sites for hydroxylation is 1. The minimum absolute atomic E-state index is 0.0689. The van der Waals surface area contributed by atoms with Gasteiger partial charge in [-0.25, -0.2) is 9.38 Å². The molecule has 2 aromatic carbocycles. The fourth-order valence-electron chi connectivity index (χ4n) is 2.37. The van der Waals surface area contributed by atoms with Crippen molar-refractivity contribution < 1.29 is 9.18 Å². The first-order chi connectivity index (χ1) is 12.6. The Morgan fingerprint density at radius 1 is 1.08 bits per heavy atom. The van der Waals surface area contributed by atoms with Gasteiger partial charge in [0.15, 0.2) is 5.96 Å². The zero-order valence-electron chi connectivity index (χ0n) is 15.2. The Bertz CT molecular complexity index is 761. The standard InChI is InChI=1S/C20H25FN4O/c1-3-15-8-7-10-17(12-15)25-19(26)14-24-20(22-4-2)23-13-16-9-5-6-11-18(16)21/h5-12H,3-4,13-14H2,1-2H3,(H,25,26)(H2,22,23,24). The van der Waals surface area contributed by atoms with Crippen molar-refractivity contribution in [2.45, 2.75) is 26.8 Å². The Morgan fingerprint density at radius 2 is 1.88 bits per heavy atom. The first-order valence-electron chi connectivity index (χ1n) is 8.76. The molecule has 0 aromatic heterocycles. The van der Waals surface area contributed by atoms with Gasteiger partial charge in [0, 0.05) is 17.8 Å². The van der Waals surface area contributed by atoms with E-state index < -0.39 is 0 Å². The minimum atomic E-state index is -0.291. The van der Waals surface area contributed by atoms with Crippen molar-refractivity contribution in [3.05, 3.63) is 65.5 Å². The van der Waals surface area contributed by atoms with Gasteiger partial charge in [-0.3, -0.25) is 4.79 Å². The van der Waals surface area contributed by atoms with Crippen LogP contribution in [0.25, 0.3) is 0 Å². The van der Waals surface area contributed by atoms with Gasteiger partial charge in [0.2, 0.25) is 5.91 Å². The number of nitrogens with one attached hydrogen (secondary N) is 3. The van der Waals surface area contributed by atoms with Crippen LogP contribution in [-0.2, 0) is 17.8 Å². The van der Waals surface area contributed by atoms with Gasteiger partial charge in [-0.2, -0.15) is 0 Å². The topological polar surface area (TPSA) is 65.5 Å². The molecule has 1 amide bonds. The number of carbonyl (C=O) groups excluding carboxylic acids is 1. The molecular formula is C20H25FN4O. The molecule has 0 atom stereocenters. The molecule has 0 aliphatic heterocycles. The Morgan fingerprint density at radius 3 is 2.62 bits per heavy atom. The van der Waals surface area contributed by atoms with Gasteiger partial charge in [0.1, 0.15) is 5.82 Å². The van der Waals surface area contributed by atoms with Gasteiger partial charge in [-0.1, -0.05) is 37.3 Å². The quantitative estimate of drug-likeness (QED) is 0.528. The van der Waals surface area contributed by atoms with Crippen LogP contribution in [0.4, 0.5) is 10.1 Å². The van der Waals surface area contributed by atoms with E-state index in [1.807, 2.05) is 31.2 Å². The van der Waals surface area contributed by atoms with Gasteiger partial charge >= 0.3 is 0 Å². The Labute approximate surface area is 153 Å². The number of carbonyl (C=O) groups is 1. The maximum atomic E-state index is 13.7. The molecule has 0 saturated heterocycles. The third-order valence-corrected chi connectivity index (χ3v) is 3.74. The number of nitrogens with zero attached hydrogens (tertiary/aromatic N) is 1. The van der Waals surface area contributed by atoms with Crippen LogP contribution in [0.3, 0.4) is 0 Å². The van der Waals surface area contributed by atoms with Gasteiger partial charge in [0.25, 0.3) is 0 Å². The molecule has 0 aliphatic rings. The van der Waals surface area contributed by atoms with Crippen LogP contribution in [0.5, 0.6) is 0 Å². The SMILES string of the molecule is CCNC(=NCc1ccccc1F)NCC(=O)Nc1cccc(CC)c1. The van der Waals surface area contributed by atoms with E-state index in [2.05, 4.69) is 27.9 Å². The molecule has 0 spiro atoms. The summed E-state index contributed by atoms with van der Waals surface area (Å²) < 4.78 is 13.7. The van der Waals surface area contributed by atoms with Crippen LogP contribution < -0.4 is 16.0 Å². The molecule has 26 heavy (non-hydrogen) atoms. The number of guanidine groups is 1. The molecule has 0 aliphatic carbocycles. The molecule has 0 fully saturated rings.